The smallest absolute Gasteiger partial charge is 0.312 e. The maximum Gasteiger partial charge on any atom is 0.312 e. The van der Waals surface area contributed by atoms with Crippen LogP contribution in [-0.2, 0) is 30.3 Å². The fraction of sp³-hybridized carbons (Fsp3) is 0.810. The van der Waals surface area contributed by atoms with E-state index in [1.54, 1.807) is 0 Å². The minimum atomic E-state index is -0.868. The summed E-state index contributed by atoms with van der Waals surface area (Å²) in [5, 5.41) is 12.2. The van der Waals surface area contributed by atoms with Crippen LogP contribution in [0.2, 0.25) is 0 Å². The van der Waals surface area contributed by atoms with Crippen molar-refractivity contribution in [2.75, 3.05) is 13.7 Å². The van der Waals surface area contributed by atoms with Crippen LogP contribution >= 0.6 is 0 Å². The molecular formula is C42H67NO6. The van der Waals surface area contributed by atoms with Gasteiger partial charge >= 0.3 is 11.9 Å². The Hall–Kier alpha value is -1.96. The van der Waals surface area contributed by atoms with Crippen LogP contribution in [0, 0.1) is 40.4 Å². The van der Waals surface area contributed by atoms with Gasteiger partial charge in [-0.25, -0.2) is 0 Å². The molecule has 2 bridgehead atoms. The van der Waals surface area contributed by atoms with Gasteiger partial charge in [0.15, 0.2) is 0 Å². The number of aliphatic hydroxyl groups is 1. The molecule has 1 N–H and O–H groups in total. The Labute approximate surface area is 297 Å². The van der Waals surface area contributed by atoms with Crippen molar-refractivity contribution in [1.29, 1.82) is 0 Å². The van der Waals surface area contributed by atoms with Crippen molar-refractivity contribution in [3.05, 3.63) is 35.9 Å². The number of ether oxygens (including phenoxy) is 3. The summed E-state index contributed by atoms with van der Waals surface area (Å²) in [6.45, 7) is 17.8. The average Bonchev–Trinajstić information content (AvgIpc) is 3.39. The van der Waals surface area contributed by atoms with Gasteiger partial charge in [-0.3, -0.25) is 14.5 Å². The van der Waals surface area contributed by atoms with Gasteiger partial charge in [0.25, 0.3) is 0 Å². The molecule has 0 spiro atoms. The van der Waals surface area contributed by atoms with E-state index in [2.05, 4.69) is 43.0 Å². The monoisotopic (exact) mass is 681 g/mol. The van der Waals surface area contributed by atoms with Gasteiger partial charge in [0.05, 0.1) is 24.0 Å². The molecule has 49 heavy (non-hydrogen) atoms. The van der Waals surface area contributed by atoms with E-state index in [0.717, 1.165) is 64.3 Å². The second-order valence-corrected chi connectivity index (χ2v) is 18.6. The van der Waals surface area contributed by atoms with E-state index < -0.39 is 35.1 Å². The summed E-state index contributed by atoms with van der Waals surface area (Å²) in [5.74, 6) is -1.81. The van der Waals surface area contributed by atoms with Crippen molar-refractivity contribution in [2.24, 2.45) is 40.4 Å². The summed E-state index contributed by atoms with van der Waals surface area (Å²) >= 11 is 0. The zero-order valence-electron chi connectivity index (χ0n) is 32.1. The third kappa shape index (κ3) is 8.25. The summed E-state index contributed by atoms with van der Waals surface area (Å²) in [4.78, 5) is 31.7. The van der Waals surface area contributed by atoms with E-state index in [1.807, 2.05) is 54.7 Å². The lowest BCUT2D eigenvalue weighted by Crippen LogP contribution is -2.58. The molecule has 0 aromatic heterocycles. The van der Waals surface area contributed by atoms with Crippen molar-refractivity contribution in [3.8, 4) is 0 Å². The van der Waals surface area contributed by atoms with Crippen LogP contribution in [-0.4, -0.2) is 65.1 Å². The van der Waals surface area contributed by atoms with Gasteiger partial charge in [-0.2, -0.15) is 0 Å². The predicted octanol–water partition coefficient (Wildman–Crippen LogP) is 8.36. The van der Waals surface area contributed by atoms with E-state index in [0.29, 0.717) is 18.9 Å². The van der Waals surface area contributed by atoms with Gasteiger partial charge in [0.1, 0.15) is 11.2 Å². The molecule has 4 saturated carbocycles. The van der Waals surface area contributed by atoms with Crippen molar-refractivity contribution in [2.45, 2.75) is 162 Å². The minimum absolute atomic E-state index is 0.0161. The zero-order chi connectivity index (χ0) is 35.8. The number of nitrogens with zero attached hydrogens (tertiary/aromatic N) is 1. The van der Waals surface area contributed by atoms with Gasteiger partial charge in [-0.05, 0) is 115 Å². The number of methoxy groups -OCH3 is 1. The van der Waals surface area contributed by atoms with Gasteiger partial charge < -0.3 is 19.3 Å². The molecule has 4 aliphatic carbocycles. The SMILES string of the molecule is CO[C@@H]1C[C@H]2CC[C@]1(CN(Cc1ccccc1)[C@@H]1CCC[C@H]([C@H](C(=O)OC(C)(C)C)[C@H](O)C3CCCCC3)[C@H]1C(=O)OC(C)(C)C)C2(C)C. The fourth-order valence-corrected chi connectivity index (χ4v) is 10.6. The molecule has 1 aromatic rings. The van der Waals surface area contributed by atoms with Crippen LogP contribution in [0.5, 0.6) is 0 Å². The lowest BCUT2D eigenvalue weighted by Gasteiger charge is -2.51. The number of hydrogen-bond donors (Lipinski definition) is 1. The third-order valence-electron chi connectivity index (χ3n) is 13.1. The number of fused-ring (bicyclic) bond motifs is 2. The normalized spacial score (nSPS) is 31.8. The molecule has 4 aliphatic rings. The molecule has 4 fully saturated rings. The number of hydrogen-bond acceptors (Lipinski definition) is 7. The lowest BCUT2D eigenvalue weighted by molar-refractivity contribution is -0.181. The average molecular weight is 682 g/mol. The molecule has 0 amide bonds. The lowest BCUT2D eigenvalue weighted by atomic mass is 9.64. The highest BCUT2D eigenvalue weighted by Crippen LogP contribution is 2.67. The molecule has 8 atom stereocenters. The van der Waals surface area contributed by atoms with Gasteiger partial charge in [0, 0.05) is 31.7 Å². The molecule has 1 aromatic carbocycles. The Morgan fingerprint density at radius 3 is 2.14 bits per heavy atom. The molecule has 7 heteroatoms. The van der Waals surface area contributed by atoms with Crippen molar-refractivity contribution < 1.29 is 28.9 Å². The molecular weight excluding hydrogens is 614 g/mol. The van der Waals surface area contributed by atoms with E-state index >= 15 is 0 Å². The molecule has 0 aliphatic heterocycles. The summed E-state index contributed by atoms with van der Waals surface area (Å²) in [7, 11) is 1.86. The Bertz CT molecular complexity index is 1260. The van der Waals surface area contributed by atoms with Crippen LogP contribution in [0.25, 0.3) is 0 Å². The van der Waals surface area contributed by atoms with Crippen molar-refractivity contribution >= 4 is 11.9 Å². The van der Waals surface area contributed by atoms with Crippen LogP contribution in [0.4, 0.5) is 0 Å². The maximum atomic E-state index is 14.7. The highest BCUT2D eigenvalue weighted by Gasteiger charge is 2.65. The molecule has 5 rings (SSSR count). The first kappa shape index (κ1) is 38.3. The number of esters is 2. The third-order valence-corrected chi connectivity index (χ3v) is 13.1. The standard InChI is InChI=1S/C42H67NO6/c1-39(2,3)48-37(45)34-31(35(38(46)49-40(4,5)6)36(44)29-19-14-11-15-20-29)21-16-22-32(34)43(26-28-17-12-10-13-18-28)27-42-24-23-30(41(42,7)8)25-33(42)47-9/h10,12-13,17-18,29-36,44H,11,14-16,19-27H2,1-9H3/t30-,31+,32-,33-,34-,35+,36-,42-/m1/s1. The number of aliphatic hydroxyl groups excluding tert-OH is 1. The predicted molar refractivity (Wildman–Crippen MR) is 194 cm³/mol. The first-order chi connectivity index (χ1) is 23.0. The van der Waals surface area contributed by atoms with E-state index in [1.165, 1.54) is 12.0 Å². The van der Waals surface area contributed by atoms with E-state index in [4.69, 9.17) is 14.2 Å². The zero-order valence-corrected chi connectivity index (χ0v) is 32.1. The van der Waals surface area contributed by atoms with Gasteiger partial charge in [-0.15, -0.1) is 0 Å². The second-order valence-electron chi connectivity index (χ2n) is 18.6. The topological polar surface area (TPSA) is 85.3 Å². The van der Waals surface area contributed by atoms with Gasteiger partial charge in [-0.1, -0.05) is 69.9 Å². The fourth-order valence-electron chi connectivity index (χ4n) is 10.6. The summed E-state index contributed by atoms with van der Waals surface area (Å²) < 4.78 is 18.7. The molecule has 0 heterocycles. The Morgan fingerprint density at radius 2 is 1.55 bits per heavy atom. The Balaban J connectivity index is 1.60. The Morgan fingerprint density at radius 1 is 0.898 bits per heavy atom. The summed E-state index contributed by atoms with van der Waals surface area (Å²) in [6.07, 6.45) is 10.1. The first-order valence-electron chi connectivity index (χ1n) is 19.4. The molecule has 0 saturated heterocycles. The van der Waals surface area contributed by atoms with E-state index in [9.17, 15) is 14.7 Å². The van der Waals surface area contributed by atoms with Gasteiger partial charge in [0.2, 0.25) is 0 Å². The van der Waals surface area contributed by atoms with E-state index in [-0.39, 0.29) is 40.8 Å². The molecule has 276 valence electrons. The minimum Gasteiger partial charge on any atom is -0.460 e. The van der Waals surface area contributed by atoms with Crippen molar-refractivity contribution in [3.63, 3.8) is 0 Å². The second kappa shape index (κ2) is 14.9. The number of benzene rings is 1. The quantitative estimate of drug-likeness (QED) is 0.235. The van der Waals surface area contributed by atoms with Crippen LogP contribution in [0.3, 0.4) is 0 Å². The molecule has 0 radical (unpaired) electrons. The first-order valence-corrected chi connectivity index (χ1v) is 19.4. The highest BCUT2D eigenvalue weighted by molar-refractivity contribution is 5.78. The van der Waals surface area contributed by atoms with Crippen LogP contribution in [0.15, 0.2) is 30.3 Å². The van der Waals surface area contributed by atoms with Crippen LogP contribution < -0.4 is 0 Å². The van der Waals surface area contributed by atoms with Crippen molar-refractivity contribution in [1.82, 2.24) is 4.90 Å². The summed E-state index contributed by atoms with van der Waals surface area (Å²) in [5.41, 5.74) is -0.164. The summed E-state index contributed by atoms with van der Waals surface area (Å²) in [6, 6.07) is 10.4. The number of carbonyl (C=O) groups is 2. The van der Waals surface area contributed by atoms with Crippen LogP contribution in [0.1, 0.15) is 132 Å². The molecule has 7 nitrogen and oxygen atoms in total. The number of rotatable bonds is 11. The maximum absolute atomic E-state index is 14.7. The molecule has 0 unspecified atom stereocenters. The highest BCUT2D eigenvalue weighted by atomic mass is 16.6. The Kier molecular flexibility index (Phi) is 11.7. The number of carbonyl (C=O) groups excluding carboxylic acids is 2. The largest absolute Gasteiger partial charge is 0.460 e.